The maximum atomic E-state index is 12.7. The summed E-state index contributed by atoms with van der Waals surface area (Å²) in [5.74, 6) is 0.945. The van der Waals surface area contributed by atoms with Crippen molar-refractivity contribution >= 4 is 17.5 Å². The van der Waals surface area contributed by atoms with Gasteiger partial charge in [0.15, 0.2) is 0 Å². The van der Waals surface area contributed by atoms with E-state index in [1.807, 2.05) is 18.2 Å². The van der Waals surface area contributed by atoms with Crippen LogP contribution in [0.25, 0.3) is 0 Å². The third kappa shape index (κ3) is 5.00. The molecule has 0 spiro atoms. The lowest BCUT2D eigenvalue weighted by atomic mass is 10.0. The number of amides is 2. The van der Waals surface area contributed by atoms with Crippen LogP contribution in [-0.4, -0.2) is 43.5 Å². The van der Waals surface area contributed by atoms with Gasteiger partial charge in [-0.15, -0.1) is 0 Å². The molecule has 0 bridgehead atoms. The van der Waals surface area contributed by atoms with Crippen molar-refractivity contribution in [3.63, 3.8) is 0 Å². The van der Waals surface area contributed by atoms with Crippen molar-refractivity contribution in [1.82, 2.24) is 10.2 Å². The van der Waals surface area contributed by atoms with Gasteiger partial charge in [-0.05, 0) is 80.7 Å². The highest BCUT2D eigenvalue weighted by Gasteiger charge is 2.29. The first-order chi connectivity index (χ1) is 14.6. The zero-order chi connectivity index (χ0) is 20.9. The van der Waals surface area contributed by atoms with E-state index in [4.69, 9.17) is 4.74 Å². The van der Waals surface area contributed by atoms with Gasteiger partial charge in [0, 0.05) is 23.7 Å². The first-order valence-electron chi connectivity index (χ1n) is 10.7. The molecule has 2 aromatic rings. The number of anilines is 1. The molecule has 1 saturated heterocycles. The van der Waals surface area contributed by atoms with Gasteiger partial charge in [0.1, 0.15) is 5.75 Å². The molecule has 2 amide bonds. The molecule has 6 heteroatoms. The molecule has 1 aliphatic carbocycles. The quantitative estimate of drug-likeness (QED) is 0.701. The highest BCUT2D eigenvalue weighted by atomic mass is 16.5. The van der Waals surface area contributed by atoms with Gasteiger partial charge in [-0.25, -0.2) is 0 Å². The standard InChI is InChI=1S/C24H29N3O3/c1-30-21-6-4-5-19(15-21)22(27-13-2-3-14-27)16-25-23(28)17-9-11-20(12-10-17)26-24(29)18-7-8-18/h4-6,9-12,15,18,22H,2-3,7-8,13-14,16H2,1H3,(H,25,28)(H,26,29)/t22-/m1/s1. The van der Waals surface area contributed by atoms with Crippen LogP contribution in [0.1, 0.15) is 47.6 Å². The van der Waals surface area contributed by atoms with Gasteiger partial charge in [0.25, 0.3) is 5.91 Å². The summed E-state index contributed by atoms with van der Waals surface area (Å²) in [7, 11) is 1.67. The zero-order valence-corrected chi connectivity index (χ0v) is 17.4. The third-order valence-electron chi connectivity index (χ3n) is 5.88. The van der Waals surface area contributed by atoms with Crippen LogP contribution in [0.3, 0.4) is 0 Å². The molecule has 2 aliphatic rings. The van der Waals surface area contributed by atoms with E-state index in [0.29, 0.717) is 12.1 Å². The van der Waals surface area contributed by atoms with Crippen LogP contribution in [0.5, 0.6) is 5.75 Å². The van der Waals surface area contributed by atoms with Gasteiger partial charge in [0.05, 0.1) is 13.2 Å². The number of nitrogens with zero attached hydrogens (tertiary/aromatic N) is 1. The molecule has 1 aliphatic heterocycles. The summed E-state index contributed by atoms with van der Waals surface area (Å²) in [5.41, 5.74) is 2.47. The number of benzene rings is 2. The minimum absolute atomic E-state index is 0.0685. The van der Waals surface area contributed by atoms with E-state index in [9.17, 15) is 9.59 Å². The Balaban J connectivity index is 1.39. The van der Waals surface area contributed by atoms with E-state index in [2.05, 4.69) is 21.6 Å². The Morgan fingerprint density at radius 2 is 1.83 bits per heavy atom. The molecule has 6 nitrogen and oxygen atoms in total. The van der Waals surface area contributed by atoms with Gasteiger partial charge in [-0.2, -0.15) is 0 Å². The Bertz CT molecular complexity index is 887. The number of methoxy groups -OCH3 is 1. The number of hydrogen-bond donors (Lipinski definition) is 2. The topological polar surface area (TPSA) is 70.7 Å². The van der Waals surface area contributed by atoms with Gasteiger partial charge >= 0.3 is 0 Å². The van der Waals surface area contributed by atoms with E-state index in [0.717, 1.165) is 42.9 Å². The van der Waals surface area contributed by atoms with Crippen molar-refractivity contribution in [3.05, 3.63) is 59.7 Å². The van der Waals surface area contributed by atoms with Crippen LogP contribution < -0.4 is 15.4 Å². The molecule has 1 heterocycles. The molecule has 0 unspecified atom stereocenters. The fraction of sp³-hybridized carbons (Fsp3) is 0.417. The highest BCUT2D eigenvalue weighted by molar-refractivity contribution is 5.96. The SMILES string of the molecule is COc1cccc([C@@H](CNC(=O)c2ccc(NC(=O)C3CC3)cc2)N2CCCC2)c1. The fourth-order valence-electron chi connectivity index (χ4n) is 3.95. The number of ether oxygens (including phenoxy) is 1. The van der Waals surface area contributed by atoms with Crippen molar-refractivity contribution in [1.29, 1.82) is 0 Å². The largest absolute Gasteiger partial charge is 0.497 e. The maximum Gasteiger partial charge on any atom is 0.251 e. The number of nitrogens with one attached hydrogen (secondary N) is 2. The van der Waals surface area contributed by atoms with Crippen molar-refractivity contribution in [2.75, 3.05) is 32.1 Å². The number of rotatable bonds is 8. The van der Waals surface area contributed by atoms with Gasteiger partial charge < -0.3 is 15.4 Å². The highest BCUT2D eigenvalue weighted by Crippen LogP contribution is 2.30. The minimum atomic E-state index is -0.109. The van der Waals surface area contributed by atoms with E-state index < -0.39 is 0 Å². The van der Waals surface area contributed by atoms with E-state index in [1.165, 1.54) is 12.8 Å². The van der Waals surface area contributed by atoms with Crippen LogP contribution in [0, 0.1) is 5.92 Å². The lowest BCUT2D eigenvalue weighted by molar-refractivity contribution is -0.117. The van der Waals surface area contributed by atoms with Gasteiger partial charge in [-0.3, -0.25) is 14.5 Å². The summed E-state index contributed by atoms with van der Waals surface area (Å²) < 4.78 is 5.38. The molecular weight excluding hydrogens is 378 g/mol. The predicted octanol–water partition coefficient (Wildman–Crippen LogP) is 3.61. The van der Waals surface area contributed by atoms with Crippen LogP contribution in [0.4, 0.5) is 5.69 Å². The van der Waals surface area contributed by atoms with Crippen LogP contribution in [0.2, 0.25) is 0 Å². The van der Waals surface area contributed by atoms with Crippen molar-refractivity contribution in [2.24, 2.45) is 5.92 Å². The number of likely N-dealkylation sites (tertiary alicyclic amines) is 1. The third-order valence-corrected chi connectivity index (χ3v) is 5.88. The molecule has 0 aromatic heterocycles. The molecule has 1 atom stereocenters. The molecule has 30 heavy (non-hydrogen) atoms. The van der Waals surface area contributed by atoms with E-state index in [-0.39, 0.29) is 23.8 Å². The van der Waals surface area contributed by atoms with E-state index in [1.54, 1.807) is 31.4 Å². The summed E-state index contributed by atoms with van der Waals surface area (Å²) in [6.45, 7) is 2.60. The molecule has 2 N–H and O–H groups in total. The maximum absolute atomic E-state index is 12.7. The molecule has 4 rings (SSSR count). The summed E-state index contributed by atoms with van der Waals surface area (Å²) in [6, 6.07) is 15.3. The lowest BCUT2D eigenvalue weighted by Gasteiger charge is -2.28. The second kappa shape index (κ2) is 9.30. The second-order valence-corrected chi connectivity index (χ2v) is 8.09. The first kappa shape index (κ1) is 20.4. The number of hydrogen-bond acceptors (Lipinski definition) is 4. The van der Waals surface area contributed by atoms with E-state index >= 15 is 0 Å². The Hall–Kier alpha value is -2.86. The summed E-state index contributed by atoms with van der Waals surface area (Å²) in [5, 5.41) is 5.99. The number of carbonyl (C=O) groups excluding carboxylic acids is 2. The predicted molar refractivity (Wildman–Crippen MR) is 117 cm³/mol. The van der Waals surface area contributed by atoms with Crippen LogP contribution >= 0.6 is 0 Å². The Morgan fingerprint density at radius 1 is 1.10 bits per heavy atom. The smallest absolute Gasteiger partial charge is 0.251 e. The summed E-state index contributed by atoms with van der Waals surface area (Å²) >= 11 is 0. The van der Waals surface area contributed by atoms with Gasteiger partial charge in [-0.1, -0.05) is 12.1 Å². The Morgan fingerprint density at radius 3 is 2.50 bits per heavy atom. The van der Waals surface area contributed by atoms with Gasteiger partial charge in [0.2, 0.25) is 5.91 Å². The minimum Gasteiger partial charge on any atom is -0.497 e. The van der Waals surface area contributed by atoms with Crippen LogP contribution in [-0.2, 0) is 4.79 Å². The average Bonchev–Trinajstić information content (AvgIpc) is 3.50. The molecule has 0 radical (unpaired) electrons. The monoisotopic (exact) mass is 407 g/mol. The number of carbonyl (C=O) groups is 2. The first-order valence-corrected chi connectivity index (χ1v) is 10.7. The fourth-order valence-corrected chi connectivity index (χ4v) is 3.95. The summed E-state index contributed by atoms with van der Waals surface area (Å²) in [6.07, 6.45) is 4.31. The average molecular weight is 408 g/mol. The van der Waals surface area contributed by atoms with Crippen molar-refractivity contribution < 1.29 is 14.3 Å². The lowest BCUT2D eigenvalue weighted by Crippen LogP contribution is -2.36. The zero-order valence-electron chi connectivity index (χ0n) is 17.4. The molecule has 1 saturated carbocycles. The molecule has 158 valence electrons. The molecule has 2 aromatic carbocycles. The molecular formula is C24H29N3O3. The molecule has 2 fully saturated rings. The van der Waals surface area contributed by atoms with Crippen LogP contribution in [0.15, 0.2) is 48.5 Å². The Kier molecular flexibility index (Phi) is 6.33. The summed E-state index contributed by atoms with van der Waals surface area (Å²) in [4.78, 5) is 27.0. The second-order valence-electron chi connectivity index (χ2n) is 8.09. The Labute approximate surface area is 177 Å². The van der Waals surface area contributed by atoms with Crippen molar-refractivity contribution in [3.8, 4) is 5.75 Å². The normalized spacial score (nSPS) is 17.4. The van der Waals surface area contributed by atoms with Crippen molar-refractivity contribution in [2.45, 2.75) is 31.7 Å².